The molecule has 0 bridgehead atoms. The summed E-state index contributed by atoms with van der Waals surface area (Å²) in [5, 5.41) is 3.94. The van der Waals surface area contributed by atoms with E-state index in [9.17, 15) is 0 Å². The van der Waals surface area contributed by atoms with Crippen molar-refractivity contribution in [3.8, 4) is 0 Å². The molecule has 0 aromatic heterocycles. The van der Waals surface area contributed by atoms with Crippen molar-refractivity contribution < 1.29 is 0 Å². The van der Waals surface area contributed by atoms with Crippen molar-refractivity contribution in [2.24, 2.45) is 5.92 Å². The van der Waals surface area contributed by atoms with E-state index in [4.69, 9.17) is 0 Å². The third-order valence-corrected chi connectivity index (χ3v) is 5.57. The largest absolute Gasteiger partial charge is 0.314 e. The Morgan fingerprint density at radius 3 is 1.50 bits per heavy atom. The molecule has 2 aliphatic rings. The summed E-state index contributed by atoms with van der Waals surface area (Å²) in [5.74, 6) is 0.979. The average molecular weight is 280 g/mol. The molecule has 118 valence electrons. The molecular formula is C19H37N. The Morgan fingerprint density at radius 2 is 0.900 bits per heavy atom. The van der Waals surface area contributed by atoms with Crippen molar-refractivity contribution in [2.75, 3.05) is 6.54 Å². The van der Waals surface area contributed by atoms with Crippen LogP contribution in [0.2, 0.25) is 0 Å². The highest BCUT2D eigenvalue weighted by Crippen LogP contribution is 2.27. The van der Waals surface area contributed by atoms with Crippen LogP contribution < -0.4 is 5.32 Å². The third-order valence-electron chi connectivity index (χ3n) is 5.57. The number of rotatable bonds is 1. The predicted octanol–water partition coefficient (Wildman–Crippen LogP) is 5.83. The van der Waals surface area contributed by atoms with E-state index in [0.29, 0.717) is 0 Å². The molecular weight excluding hydrogens is 242 g/mol. The van der Waals surface area contributed by atoms with Gasteiger partial charge in [-0.15, -0.1) is 0 Å². The van der Waals surface area contributed by atoms with E-state index in [1.54, 1.807) is 0 Å². The molecule has 1 aliphatic carbocycles. The summed E-state index contributed by atoms with van der Waals surface area (Å²) >= 11 is 0. The van der Waals surface area contributed by atoms with Gasteiger partial charge >= 0.3 is 0 Å². The molecule has 1 heteroatoms. The molecule has 2 rings (SSSR count). The summed E-state index contributed by atoms with van der Waals surface area (Å²) in [4.78, 5) is 0. The van der Waals surface area contributed by atoms with Crippen molar-refractivity contribution >= 4 is 0 Å². The van der Waals surface area contributed by atoms with Gasteiger partial charge in [0.15, 0.2) is 0 Å². The van der Waals surface area contributed by atoms with Crippen LogP contribution in [-0.2, 0) is 0 Å². The van der Waals surface area contributed by atoms with Gasteiger partial charge in [-0.1, -0.05) is 77.0 Å². The fourth-order valence-corrected chi connectivity index (χ4v) is 4.23. The second-order valence-electron chi connectivity index (χ2n) is 7.28. The molecule has 1 atom stereocenters. The molecule has 1 saturated carbocycles. The molecule has 1 aliphatic heterocycles. The summed E-state index contributed by atoms with van der Waals surface area (Å²) in [6.07, 6.45) is 23.6. The highest BCUT2D eigenvalue weighted by Gasteiger charge is 2.21. The standard InChI is InChI=1S/C19H37N/c1-2-6-10-14-18(15-11-7-3-1)19-16-12-8-4-5-9-13-17-20-19/h18-20H,1-17H2. The molecule has 1 saturated heterocycles. The molecule has 0 amide bonds. The summed E-state index contributed by atoms with van der Waals surface area (Å²) in [5.41, 5.74) is 0. The van der Waals surface area contributed by atoms with Crippen LogP contribution in [0.4, 0.5) is 0 Å². The highest BCUT2D eigenvalue weighted by atomic mass is 14.9. The number of nitrogens with one attached hydrogen (secondary N) is 1. The lowest BCUT2D eigenvalue weighted by atomic mass is 9.84. The maximum absolute atomic E-state index is 3.94. The second-order valence-corrected chi connectivity index (χ2v) is 7.28. The number of hydrogen-bond acceptors (Lipinski definition) is 1. The minimum absolute atomic E-state index is 0.840. The maximum atomic E-state index is 3.94. The quantitative estimate of drug-likeness (QED) is 0.637. The van der Waals surface area contributed by atoms with Gasteiger partial charge in [0.25, 0.3) is 0 Å². The molecule has 2 fully saturated rings. The van der Waals surface area contributed by atoms with Crippen LogP contribution >= 0.6 is 0 Å². The first-order chi connectivity index (χ1) is 9.97. The van der Waals surface area contributed by atoms with Gasteiger partial charge in [-0.3, -0.25) is 0 Å². The lowest BCUT2D eigenvalue weighted by Crippen LogP contribution is -2.37. The Morgan fingerprint density at radius 1 is 0.450 bits per heavy atom. The number of hydrogen-bond donors (Lipinski definition) is 1. The van der Waals surface area contributed by atoms with E-state index >= 15 is 0 Å². The Balaban J connectivity index is 1.81. The molecule has 20 heavy (non-hydrogen) atoms. The minimum atomic E-state index is 0.840. The van der Waals surface area contributed by atoms with Crippen molar-refractivity contribution in [3.05, 3.63) is 0 Å². The molecule has 0 radical (unpaired) electrons. The van der Waals surface area contributed by atoms with Crippen LogP contribution in [0.15, 0.2) is 0 Å². The monoisotopic (exact) mass is 279 g/mol. The predicted molar refractivity (Wildman–Crippen MR) is 89.2 cm³/mol. The van der Waals surface area contributed by atoms with Crippen LogP contribution in [0.25, 0.3) is 0 Å². The van der Waals surface area contributed by atoms with Gasteiger partial charge in [-0.25, -0.2) is 0 Å². The third kappa shape index (κ3) is 6.61. The van der Waals surface area contributed by atoms with Gasteiger partial charge in [0.05, 0.1) is 0 Å². The van der Waals surface area contributed by atoms with Crippen LogP contribution in [0.3, 0.4) is 0 Å². The van der Waals surface area contributed by atoms with Gasteiger partial charge < -0.3 is 5.32 Å². The average Bonchev–Trinajstić information content (AvgIpc) is 2.50. The van der Waals surface area contributed by atoms with Crippen LogP contribution in [0.5, 0.6) is 0 Å². The fourth-order valence-electron chi connectivity index (χ4n) is 4.23. The molecule has 0 spiro atoms. The van der Waals surface area contributed by atoms with Gasteiger partial charge in [0.2, 0.25) is 0 Å². The van der Waals surface area contributed by atoms with E-state index in [-0.39, 0.29) is 0 Å². The van der Waals surface area contributed by atoms with Crippen molar-refractivity contribution in [3.63, 3.8) is 0 Å². The Bertz CT molecular complexity index is 182. The highest BCUT2D eigenvalue weighted by molar-refractivity contribution is 4.78. The SMILES string of the molecule is C1CCCCC(C2CCCCCCCCN2)CCCC1. The van der Waals surface area contributed by atoms with E-state index in [1.807, 2.05) is 0 Å². The van der Waals surface area contributed by atoms with Crippen molar-refractivity contribution in [2.45, 2.75) is 109 Å². The van der Waals surface area contributed by atoms with Gasteiger partial charge in [0, 0.05) is 6.04 Å². The molecule has 1 N–H and O–H groups in total. The normalized spacial score (nSPS) is 29.7. The maximum Gasteiger partial charge on any atom is 0.00953 e. The molecule has 1 unspecified atom stereocenters. The van der Waals surface area contributed by atoms with Crippen molar-refractivity contribution in [1.29, 1.82) is 0 Å². The second kappa shape index (κ2) is 10.7. The zero-order valence-electron chi connectivity index (χ0n) is 13.7. The first kappa shape index (κ1) is 16.3. The van der Waals surface area contributed by atoms with Crippen LogP contribution in [0, 0.1) is 5.92 Å². The van der Waals surface area contributed by atoms with E-state index in [0.717, 1.165) is 12.0 Å². The van der Waals surface area contributed by atoms with Crippen LogP contribution in [-0.4, -0.2) is 12.6 Å². The first-order valence-electron chi connectivity index (χ1n) is 9.70. The van der Waals surface area contributed by atoms with Crippen LogP contribution in [0.1, 0.15) is 103 Å². The zero-order chi connectivity index (χ0) is 13.9. The van der Waals surface area contributed by atoms with E-state index < -0.39 is 0 Å². The van der Waals surface area contributed by atoms with Gasteiger partial charge in [0.1, 0.15) is 0 Å². The molecule has 0 aromatic rings. The molecule has 1 nitrogen and oxygen atoms in total. The topological polar surface area (TPSA) is 12.0 Å². The van der Waals surface area contributed by atoms with Gasteiger partial charge in [-0.2, -0.15) is 0 Å². The van der Waals surface area contributed by atoms with Gasteiger partial charge in [-0.05, 0) is 38.1 Å². The van der Waals surface area contributed by atoms with E-state index in [2.05, 4.69) is 5.32 Å². The smallest absolute Gasteiger partial charge is 0.00953 e. The zero-order valence-corrected chi connectivity index (χ0v) is 13.7. The molecule has 1 heterocycles. The Kier molecular flexibility index (Phi) is 8.70. The summed E-state index contributed by atoms with van der Waals surface area (Å²) in [6, 6.07) is 0.840. The minimum Gasteiger partial charge on any atom is -0.314 e. The van der Waals surface area contributed by atoms with Crippen molar-refractivity contribution in [1.82, 2.24) is 5.32 Å². The Hall–Kier alpha value is -0.0400. The fraction of sp³-hybridized carbons (Fsp3) is 1.00. The molecule has 0 aromatic carbocycles. The lowest BCUT2D eigenvalue weighted by Gasteiger charge is -2.30. The Labute approximate surface area is 127 Å². The summed E-state index contributed by atoms with van der Waals surface area (Å²) < 4.78 is 0. The summed E-state index contributed by atoms with van der Waals surface area (Å²) in [6.45, 7) is 1.28. The van der Waals surface area contributed by atoms with E-state index in [1.165, 1.54) is 109 Å². The first-order valence-corrected chi connectivity index (χ1v) is 9.70. The summed E-state index contributed by atoms with van der Waals surface area (Å²) in [7, 11) is 0. The lowest BCUT2D eigenvalue weighted by molar-refractivity contribution is 0.269.